The predicted octanol–water partition coefficient (Wildman–Crippen LogP) is 5.91. The van der Waals surface area contributed by atoms with E-state index >= 15 is 0 Å². The molecule has 0 bridgehead atoms. The molecule has 0 aliphatic heterocycles. The lowest BCUT2D eigenvalue weighted by atomic mass is 9.90. The first-order chi connectivity index (χ1) is 13.8. The zero-order valence-electron chi connectivity index (χ0n) is 16.9. The van der Waals surface area contributed by atoms with Gasteiger partial charge >= 0.3 is 0 Å². The quantitative estimate of drug-likeness (QED) is 0.510. The number of nitrogens with zero attached hydrogens (tertiary/aromatic N) is 3. The zero-order chi connectivity index (χ0) is 19.6. The summed E-state index contributed by atoms with van der Waals surface area (Å²) in [7, 11) is 0. The third kappa shape index (κ3) is 5.79. The molecule has 0 atom stereocenters. The molecule has 1 saturated carbocycles. The molecule has 1 aliphatic carbocycles. The van der Waals surface area contributed by atoms with E-state index in [9.17, 15) is 5.26 Å². The van der Waals surface area contributed by atoms with Gasteiger partial charge in [-0.3, -0.25) is 0 Å². The molecule has 0 saturated heterocycles. The van der Waals surface area contributed by atoms with E-state index in [1.165, 1.54) is 56.9 Å². The normalized spacial score (nSPS) is 14.6. The first kappa shape index (κ1) is 20.3. The molecule has 4 nitrogen and oxygen atoms in total. The minimum atomic E-state index is 0.548. The fraction of sp³-hybridized carbons (Fsp3) is 0.500. The average molecular weight is 377 g/mol. The first-order valence-corrected chi connectivity index (χ1v) is 10.6. The predicted molar refractivity (Wildman–Crippen MR) is 112 cm³/mol. The van der Waals surface area contributed by atoms with Crippen molar-refractivity contribution in [2.75, 3.05) is 6.61 Å². The Labute approximate surface area is 169 Å². The van der Waals surface area contributed by atoms with Gasteiger partial charge in [-0.2, -0.15) is 5.26 Å². The van der Waals surface area contributed by atoms with Crippen LogP contribution in [0.4, 0.5) is 0 Å². The van der Waals surface area contributed by atoms with Crippen LogP contribution in [-0.4, -0.2) is 16.6 Å². The second kappa shape index (κ2) is 10.8. The molecule has 1 radical (unpaired) electrons. The summed E-state index contributed by atoms with van der Waals surface area (Å²) < 4.78 is 5.96. The van der Waals surface area contributed by atoms with Gasteiger partial charge in [0.1, 0.15) is 11.8 Å². The number of ether oxygens (including phenoxy) is 1. The van der Waals surface area contributed by atoms with Gasteiger partial charge in [-0.1, -0.05) is 26.2 Å². The molecule has 147 valence electrons. The topological polar surface area (TPSA) is 58.8 Å². The van der Waals surface area contributed by atoms with Crippen LogP contribution in [0.2, 0.25) is 0 Å². The van der Waals surface area contributed by atoms with Gasteiger partial charge in [0.2, 0.25) is 0 Å². The summed E-state index contributed by atoms with van der Waals surface area (Å²) in [5.41, 5.74) is 2.57. The van der Waals surface area contributed by atoms with E-state index in [2.05, 4.69) is 29.4 Å². The summed E-state index contributed by atoms with van der Waals surface area (Å²) in [5, 5.41) is 9.54. The van der Waals surface area contributed by atoms with Crippen LogP contribution < -0.4 is 4.74 Å². The van der Waals surface area contributed by atoms with Crippen LogP contribution in [0.15, 0.2) is 30.6 Å². The van der Waals surface area contributed by atoms with Gasteiger partial charge in [0.25, 0.3) is 0 Å². The minimum Gasteiger partial charge on any atom is -0.492 e. The Morgan fingerprint density at radius 1 is 1.11 bits per heavy atom. The van der Waals surface area contributed by atoms with E-state index in [0.29, 0.717) is 29.7 Å². The highest BCUT2D eigenvalue weighted by Crippen LogP contribution is 2.27. The lowest BCUT2D eigenvalue weighted by molar-refractivity contribution is 0.220. The standard InChI is InChI=1S/C24H30N3O/c1-2-3-4-6-11-20-16-26-24(27-17-20)21-12-13-23(22(14-21)15-25)28-18-19-9-7-5-8-10-19/h5,12-14,16-17,19H,2-4,6-11,18H2,1H3. The molecule has 0 spiro atoms. The van der Waals surface area contributed by atoms with Crippen molar-refractivity contribution in [3.63, 3.8) is 0 Å². The van der Waals surface area contributed by atoms with Gasteiger partial charge < -0.3 is 4.74 Å². The number of hydrogen-bond donors (Lipinski definition) is 0. The second-order valence-corrected chi connectivity index (χ2v) is 7.67. The van der Waals surface area contributed by atoms with E-state index in [1.807, 2.05) is 30.6 Å². The van der Waals surface area contributed by atoms with Gasteiger partial charge in [-0.15, -0.1) is 0 Å². The highest BCUT2D eigenvalue weighted by molar-refractivity contribution is 5.61. The maximum absolute atomic E-state index is 9.54. The van der Waals surface area contributed by atoms with E-state index in [4.69, 9.17) is 4.74 Å². The number of aromatic nitrogens is 2. The Bertz CT molecular complexity index is 773. The summed E-state index contributed by atoms with van der Waals surface area (Å²) in [6.07, 6.45) is 16.8. The van der Waals surface area contributed by atoms with Crippen LogP contribution in [-0.2, 0) is 6.42 Å². The molecule has 4 heteroatoms. The van der Waals surface area contributed by atoms with Crippen LogP contribution in [0.1, 0.15) is 69.4 Å². The van der Waals surface area contributed by atoms with Crippen molar-refractivity contribution in [3.05, 3.63) is 48.1 Å². The van der Waals surface area contributed by atoms with Crippen LogP contribution in [0.25, 0.3) is 11.4 Å². The van der Waals surface area contributed by atoms with Gasteiger partial charge in [0, 0.05) is 18.0 Å². The molecule has 1 aromatic heterocycles. The maximum Gasteiger partial charge on any atom is 0.159 e. The Morgan fingerprint density at radius 2 is 1.89 bits per heavy atom. The molecule has 0 amide bonds. The average Bonchev–Trinajstić information content (AvgIpc) is 2.76. The fourth-order valence-corrected chi connectivity index (χ4v) is 3.64. The van der Waals surface area contributed by atoms with Crippen molar-refractivity contribution >= 4 is 0 Å². The van der Waals surface area contributed by atoms with Crippen molar-refractivity contribution in [2.24, 2.45) is 5.92 Å². The molecule has 3 rings (SSSR count). The summed E-state index contributed by atoms with van der Waals surface area (Å²) in [6, 6.07) is 7.92. The van der Waals surface area contributed by atoms with Crippen molar-refractivity contribution in [1.29, 1.82) is 5.26 Å². The smallest absolute Gasteiger partial charge is 0.159 e. The van der Waals surface area contributed by atoms with Crippen LogP contribution >= 0.6 is 0 Å². The first-order valence-electron chi connectivity index (χ1n) is 10.6. The third-order valence-electron chi connectivity index (χ3n) is 5.42. The number of rotatable bonds is 9. The van der Waals surface area contributed by atoms with Crippen molar-refractivity contribution in [1.82, 2.24) is 9.97 Å². The van der Waals surface area contributed by atoms with E-state index in [1.54, 1.807) is 0 Å². The highest BCUT2D eigenvalue weighted by atomic mass is 16.5. The van der Waals surface area contributed by atoms with Crippen LogP contribution in [0.5, 0.6) is 5.75 Å². The van der Waals surface area contributed by atoms with E-state index in [0.717, 1.165) is 12.0 Å². The number of benzene rings is 1. The minimum absolute atomic E-state index is 0.548. The molecule has 0 unspecified atom stereocenters. The van der Waals surface area contributed by atoms with Gasteiger partial charge in [-0.05, 0) is 74.6 Å². The second-order valence-electron chi connectivity index (χ2n) is 7.67. The number of nitriles is 1. The maximum atomic E-state index is 9.54. The number of aryl methyl sites for hydroxylation is 1. The van der Waals surface area contributed by atoms with Gasteiger partial charge in [0.15, 0.2) is 5.82 Å². The summed E-state index contributed by atoms with van der Waals surface area (Å²) >= 11 is 0. The molecular formula is C24H30N3O. The number of unbranched alkanes of at least 4 members (excludes halogenated alkanes) is 3. The Morgan fingerprint density at radius 3 is 2.61 bits per heavy atom. The van der Waals surface area contributed by atoms with Crippen LogP contribution in [0, 0.1) is 23.7 Å². The van der Waals surface area contributed by atoms with Crippen molar-refractivity contribution in [2.45, 2.75) is 64.7 Å². The lowest BCUT2D eigenvalue weighted by Crippen LogP contribution is -2.15. The van der Waals surface area contributed by atoms with Crippen molar-refractivity contribution < 1.29 is 4.74 Å². The molecule has 1 aliphatic rings. The molecule has 2 aromatic rings. The molecule has 28 heavy (non-hydrogen) atoms. The highest BCUT2D eigenvalue weighted by Gasteiger charge is 2.15. The molecule has 1 aromatic carbocycles. The Kier molecular flexibility index (Phi) is 7.84. The summed E-state index contributed by atoms with van der Waals surface area (Å²) in [6.45, 7) is 2.91. The van der Waals surface area contributed by atoms with E-state index in [-0.39, 0.29) is 0 Å². The van der Waals surface area contributed by atoms with Crippen molar-refractivity contribution in [3.8, 4) is 23.2 Å². The molecule has 0 N–H and O–H groups in total. The third-order valence-corrected chi connectivity index (χ3v) is 5.42. The molecule has 1 heterocycles. The summed E-state index contributed by atoms with van der Waals surface area (Å²) in [5.74, 6) is 1.90. The summed E-state index contributed by atoms with van der Waals surface area (Å²) in [4.78, 5) is 9.02. The molecular weight excluding hydrogens is 346 g/mol. The Hall–Kier alpha value is -2.41. The Balaban J connectivity index is 1.61. The van der Waals surface area contributed by atoms with Crippen LogP contribution in [0.3, 0.4) is 0 Å². The lowest BCUT2D eigenvalue weighted by Gasteiger charge is -2.21. The largest absolute Gasteiger partial charge is 0.492 e. The van der Waals surface area contributed by atoms with E-state index < -0.39 is 0 Å². The zero-order valence-corrected chi connectivity index (χ0v) is 16.9. The number of hydrogen-bond acceptors (Lipinski definition) is 4. The monoisotopic (exact) mass is 376 g/mol. The fourth-order valence-electron chi connectivity index (χ4n) is 3.64. The SMILES string of the molecule is CCCCCCc1cnc(-c2ccc(OCC3CC[CH]CC3)c(C#N)c2)nc1. The van der Waals surface area contributed by atoms with Gasteiger partial charge in [-0.25, -0.2) is 9.97 Å². The van der Waals surface area contributed by atoms with Gasteiger partial charge in [0.05, 0.1) is 12.2 Å². The molecule has 1 fully saturated rings.